The van der Waals surface area contributed by atoms with E-state index in [9.17, 15) is 14.4 Å². The number of rotatable bonds is 3. The maximum absolute atomic E-state index is 11.9. The Bertz CT molecular complexity index is 804. The minimum absolute atomic E-state index is 0.253. The van der Waals surface area contributed by atoms with Crippen molar-refractivity contribution in [1.29, 1.82) is 0 Å². The summed E-state index contributed by atoms with van der Waals surface area (Å²) in [6.07, 6.45) is 0. The van der Waals surface area contributed by atoms with E-state index in [4.69, 9.17) is 10.8 Å². The van der Waals surface area contributed by atoms with E-state index in [0.29, 0.717) is 11.0 Å². The van der Waals surface area contributed by atoms with E-state index in [0.717, 1.165) is 15.7 Å². The van der Waals surface area contributed by atoms with Crippen LogP contribution >= 0.6 is 0 Å². The number of hydrogen-bond donors (Lipinski definition) is 3. The molecule has 2 rings (SSSR count). The minimum atomic E-state index is -1.25. The molecule has 0 saturated heterocycles. The third kappa shape index (κ3) is 2.35. The Balaban J connectivity index is 2.76. The van der Waals surface area contributed by atoms with Crippen LogP contribution in [0.15, 0.2) is 21.7 Å². The molecule has 1 heterocycles. The van der Waals surface area contributed by atoms with E-state index < -0.39 is 23.1 Å². The molecule has 0 aliphatic carbocycles. The third-order valence-electron chi connectivity index (χ3n) is 3.29. The molecular weight excluding hydrogens is 262 g/mol. The molecule has 4 N–H and O–H groups in total. The summed E-state index contributed by atoms with van der Waals surface area (Å²) in [6.45, 7) is 3.49. The molecule has 106 valence electrons. The summed E-state index contributed by atoms with van der Waals surface area (Å²) in [5, 5.41) is 8.85. The van der Waals surface area contributed by atoms with Gasteiger partial charge in [-0.15, -0.1) is 0 Å². The highest BCUT2D eigenvalue weighted by Gasteiger charge is 2.16. The van der Waals surface area contributed by atoms with Crippen molar-refractivity contribution < 1.29 is 9.90 Å². The second kappa shape index (κ2) is 4.93. The van der Waals surface area contributed by atoms with Crippen LogP contribution in [0.4, 0.5) is 0 Å². The first kappa shape index (κ1) is 14.0. The zero-order valence-electron chi connectivity index (χ0n) is 11.1. The van der Waals surface area contributed by atoms with E-state index in [1.807, 2.05) is 13.8 Å². The van der Waals surface area contributed by atoms with E-state index in [-0.39, 0.29) is 6.54 Å². The monoisotopic (exact) mass is 277 g/mol. The van der Waals surface area contributed by atoms with Crippen molar-refractivity contribution in [3.63, 3.8) is 0 Å². The van der Waals surface area contributed by atoms with E-state index >= 15 is 0 Å². The molecule has 2 aromatic rings. The number of carboxylic acid groups (broad SMARTS) is 1. The number of carboxylic acids is 1. The van der Waals surface area contributed by atoms with Gasteiger partial charge in [0.2, 0.25) is 0 Å². The lowest BCUT2D eigenvalue weighted by Gasteiger charge is -2.13. The normalized spacial score (nSPS) is 12.6. The topological polar surface area (TPSA) is 118 Å². The minimum Gasteiger partial charge on any atom is -0.480 e. The van der Waals surface area contributed by atoms with Gasteiger partial charge in [0.1, 0.15) is 6.04 Å². The largest absolute Gasteiger partial charge is 0.480 e. The zero-order chi connectivity index (χ0) is 15.0. The summed E-state index contributed by atoms with van der Waals surface area (Å²) in [4.78, 5) is 36.9. The predicted molar refractivity (Wildman–Crippen MR) is 73.9 cm³/mol. The van der Waals surface area contributed by atoms with Gasteiger partial charge in [-0.3, -0.25) is 19.0 Å². The van der Waals surface area contributed by atoms with Crippen LogP contribution in [0, 0.1) is 13.8 Å². The number of aryl methyl sites for hydroxylation is 2. The van der Waals surface area contributed by atoms with Gasteiger partial charge >= 0.3 is 17.1 Å². The van der Waals surface area contributed by atoms with E-state index in [1.165, 1.54) is 0 Å². The number of benzene rings is 1. The summed E-state index contributed by atoms with van der Waals surface area (Å²) in [5.74, 6) is -1.23. The van der Waals surface area contributed by atoms with Crippen molar-refractivity contribution >= 4 is 17.0 Å². The molecule has 0 bridgehead atoms. The quantitative estimate of drug-likeness (QED) is 0.667. The van der Waals surface area contributed by atoms with Gasteiger partial charge in [0.25, 0.3) is 0 Å². The molecule has 7 heteroatoms. The number of aromatic nitrogens is 2. The molecule has 1 atom stereocenters. The van der Waals surface area contributed by atoms with Crippen LogP contribution in [0.5, 0.6) is 0 Å². The molecular formula is C13H15N3O4. The lowest BCUT2D eigenvalue weighted by atomic mass is 10.1. The SMILES string of the molecule is Cc1cc2[nH]c(=O)c(=O)n(C[C@H](N)C(=O)O)c2cc1C. The van der Waals surface area contributed by atoms with Gasteiger partial charge in [-0.2, -0.15) is 0 Å². The number of aromatic amines is 1. The molecule has 0 radical (unpaired) electrons. The fraction of sp³-hybridized carbons (Fsp3) is 0.308. The van der Waals surface area contributed by atoms with Crippen molar-refractivity contribution in [2.75, 3.05) is 0 Å². The smallest absolute Gasteiger partial charge is 0.322 e. The first-order valence-corrected chi connectivity index (χ1v) is 6.03. The number of fused-ring (bicyclic) bond motifs is 1. The predicted octanol–water partition coefficient (Wildman–Crippen LogP) is -0.281. The van der Waals surface area contributed by atoms with Crippen LogP contribution in [-0.4, -0.2) is 26.7 Å². The molecule has 0 spiro atoms. The van der Waals surface area contributed by atoms with Crippen molar-refractivity contribution in [1.82, 2.24) is 9.55 Å². The molecule has 0 aliphatic heterocycles. The number of nitrogens with one attached hydrogen (secondary N) is 1. The second-order valence-corrected chi connectivity index (χ2v) is 4.77. The van der Waals surface area contributed by atoms with Crippen molar-refractivity contribution in [3.8, 4) is 0 Å². The number of nitrogens with two attached hydrogens (primary N) is 1. The Morgan fingerprint density at radius 2 is 1.95 bits per heavy atom. The summed E-state index contributed by atoms with van der Waals surface area (Å²) < 4.78 is 1.11. The molecule has 0 saturated carbocycles. The highest BCUT2D eigenvalue weighted by molar-refractivity contribution is 5.77. The average molecular weight is 277 g/mol. The van der Waals surface area contributed by atoms with Crippen LogP contribution < -0.4 is 16.9 Å². The maximum Gasteiger partial charge on any atom is 0.322 e. The van der Waals surface area contributed by atoms with Crippen molar-refractivity contribution in [3.05, 3.63) is 44.0 Å². The van der Waals surface area contributed by atoms with Gasteiger partial charge in [0, 0.05) is 0 Å². The molecule has 20 heavy (non-hydrogen) atoms. The van der Waals surface area contributed by atoms with E-state index in [2.05, 4.69) is 4.98 Å². The summed E-state index contributed by atoms with van der Waals surface area (Å²) >= 11 is 0. The first-order valence-electron chi connectivity index (χ1n) is 6.03. The lowest BCUT2D eigenvalue weighted by Crippen LogP contribution is -2.43. The van der Waals surface area contributed by atoms with Crippen LogP contribution in [0.1, 0.15) is 11.1 Å². The summed E-state index contributed by atoms with van der Waals surface area (Å²) in [5.41, 5.74) is 6.69. The summed E-state index contributed by atoms with van der Waals surface area (Å²) in [7, 11) is 0. The third-order valence-corrected chi connectivity index (χ3v) is 3.29. The molecule has 0 fully saturated rings. The number of H-pyrrole nitrogens is 1. The van der Waals surface area contributed by atoms with Crippen molar-refractivity contribution in [2.24, 2.45) is 5.73 Å². The van der Waals surface area contributed by atoms with Crippen LogP contribution in [-0.2, 0) is 11.3 Å². The molecule has 0 aliphatic rings. The molecule has 1 aromatic carbocycles. The second-order valence-electron chi connectivity index (χ2n) is 4.77. The van der Waals surface area contributed by atoms with Gasteiger partial charge in [0.15, 0.2) is 0 Å². The lowest BCUT2D eigenvalue weighted by molar-refractivity contribution is -0.138. The highest BCUT2D eigenvalue weighted by Crippen LogP contribution is 2.15. The van der Waals surface area contributed by atoms with Crippen LogP contribution in [0.2, 0.25) is 0 Å². The fourth-order valence-corrected chi connectivity index (χ4v) is 1.99. The zero-order valence-corrected chi connectivity index (χ0v) is 11.1. The van der Waals surface area contributed by atoms with Crippen molar-refractivity contribution in [2.45, 2.75) is 26.4 Å². The standard InChI is InChI=1S/C13H15N3O4/c1-6-3-9-10(4-7(6)2)16(5-8(14)13(19)20)12(18)11(17)15-9/h3-4,8H,5,14H2,1-2H3,(H,15,17)(H,19,20)/t8-/m0/s1. The van der Waals surface area contributed by atoms with Gasteiger partial charge < -0.3 is 15.8 Å². The Labute approximate surface area is 113 Å². The first-order chi connectivity index (χ1) is 9.31. The average Bonchev–Trinajstić information content (AvgIpc) is 2.37. The van der Waals surface area contributed by atoms with Crippen LogP contribution in [0.3, 0.4) is 0 Å². The fourth-order valence-electron chi connectivity index (χ4n) is 1.99. The van der Waals surface area contributed by atoms with Gasteiger partial charge in [-0.25, -0.2) is 0 Å². The Morgan fingerprint density at radius 1 is 1.35 bits per heavy atom. The van der Waals surface area contributed by atoms with Gasteiger partial charge in [-0.05, 0) is 37.1 Å². The van der Waals surface area contributed by atoms with Gasteiger partial charge in [0.05, 0.1) is 17.6 Å². The highest BCUT2D eigenvalue weighted by atomic mass is 16.4. The van der Waals surface area contributed by atoms with Crippen LogP contribution in [0.25, 0.3) is 11.0 Å². The number of hydrogen-bond acceptors (Lipinski definition) is 4. The Morgan fingerprint density at radius 3 is 2.55 bits per heavy atom. The van der Waals surface area contributed by atoms with Gasteiger partial charge in [-0.1, -0.05) is 0 Å². The molecule has 0 unspecified atom stereocenters. The molecule has 0 amide bonds. The number of aliphatic carboxylic acids is 1. The number of nitrogens with zero attached hydrogens (tertiary/aromatic N) is 1. The Hall–Kier alpha value is -2.41. The molecule has 1 aromatic heterocycles. The summed E-state index contributed by atoms with van der Waals surface area (Å²) in [6, 6.07) is 2.23. The maximum atomic E-state index is 11.9. The number of carbonyl (C=O) groups is 1. The molecule has 7 nitrogen and oxygen atoms in total. The Kier molecular flexibility index (Phi) is 3.46. The van der Waals surface area contributed by atoms with E-state index in [1.54, 1.807) is 12.1 Å².